The number of ketones is 1. The summed E-state index contributed by atoms with van der Waals surface area (Å²) in [6.45, 7) is 1.94. The van der Waals surface area contributed by atoms with Crippen LogP contribution in [0.15, 0.2) is 21.9 Å². The van der Waals surface area contributed by atoms with E-state index in [4.69, 9.17) is 10.9 Å². The van der Waals surface area contributed by atoms with Crippen LogP contribution in [0.4, 0.5) is 4.79 Å². The Morgan fingerprint density at radius 3 is 2.67 bits per heavy atom. The number of fused-ring (bicyclic) bond motifs is 1. The second-order valence-electron chi connectivity index (χ2n) is 10.4. The minimum atomic E-state index is -0.896. The highest BCUT2D eigenvalue weighted by atomic mass is 16.6. The van der Waals surface area contributed by atoms with Gasteiger partial charge < -0.3 is 30.0 Å². The van der Waals surface area contributed by atoms with E-state index in [-0.39, 0.29) is 49.8 Å². The number of Topliss-reactive ketones (excluding diaryl/α,β-unsaturated/α-hetero) is 1. The number of aliphatic hydroxyl groups excluding tert-OH is 1. The molecule has 6 atom stereocenters. The Kier molecular flexibility index (Phi) is 9.46. The Labute approximate surface area is 233 Å². The van der Waals surface area contributed by atoms with Crippen molar-refractivity contribution in [2.75, 3.05) is 19.7 Å². The van der Waals surface area contributed by atoms with E-state index < -0.39 is 35.7 Å². The Morgan fingerprint density at radius 1 is 1.23 bits per heavy atom. The molecule has 0 radical (unpaired) electrons. The third-order valence-corrected chi connectivity index (χ3v) is 7.63. The molecule has 0 aromatic carbocycles. The summed E-state index contributed by atoms with van der Waals surface area (Å²) >= 11 is 0. The van der Waals surface area contributed by atoms with E-state index in [1.54, 1.807) is 6.08 Å². The van der Waals surface area contributed by atoms with Crippen LogP contribution in [-0.2, 0) is 19.1 Å². The second-order valence-corrected chi connectivity index (χ2v) is 10.4. The number of esters is 1. The molecule has 3 aliphatic rings. The Bertz CT molecular complexity index is 1310. The molecule has 12 nitrogen and oxygen atoms in total. The number of urea groups is 1. The highest BCUT2D eigenvalue weighted by Gasteiger charge is 2.48. The first kappa shape index (κ1) is 27.9. The minimum absolute atomic E-state index is 0.0400. The molecule has 1 saturated heterocycles. The zero-order chi connectivity index (χ0) is 29.4. The van der Waals surface area contributed by atoms with Gasteiger partial charge in [-0.3, -0.25) is 19.1 Å². The lowest BCUT2D eigenvalue weighted by Crippen LogP contribution is -2.37. The van der Waals surface area contributed by atoms with Gasteiger partial charge in [-0.1, -0.05) is 12.2 Å². The molecule has 12 heteroatoms. The van der Waals surface area contributed by atoms with Crippen LogP contribution in [0.3, 0.4) is 0 Å². The van der Waals surface area contributed by atoms with Gasteiger partial charge in [-0.2, -0.15) is 0 Å². The first-order valence-corrected chi connectivity index (χ1v) is 13.7. The van der Waals surface area contributed by atoms with Crippen molar-refractivity contribution in [3.8, 4) is 11.8 Å². The molecule has 2 aliphatic carbocycles. The van der Waals surface area contributed by atoms with Gasteiger partial charge in [-0.25, -0.2) is 9.59 Å². The summed E-state index contributed by atoms with van der Waals surface area (Å²) in [6.07, 6.45) is 5.90. The summed E-state index contributed by atoms with van der Waals surface area (Å²) in [5, 5.41) is 10.1. The molecule has 216 valence electrons. The van der Waals surface area contributed by atoms with Crippen molar-refractivity contribution in [2.24, 2.45) is 17.8 Å². The van der Waals surface area contributed by atoms with E-state index in [0.717, 1.165) is 25.7 Å². The number of ether oxygens (including phenoxy) is 2. The van der Waals surface area contributed by atoms with Crippen LogP contribution in [0.25, 0.3) is 6.08 Å². The highest BCUT2D eigenvalue weighted by Crippen LogP contribution is 2.51. The third kappa shape index (κ3) is 7.70. The number of nitrogens with one attached hydrogen (secondary N) is 3. The van der Waals surface area contributed by atoms with E-state index in [9.17, 15) is 24.0 Å². The molecule has 0 spiro atoms. The summed E-state index contributed by atoms with van der Waals surface area (Å²) in [5.41, 5.74) is -1.18. The van der Waals surface area contributed by atoms with Gasteiger partial charge in [0, 0.05) is 45.0 Å². The van der Waals surface area contributed by atoms with E-state index in [0.29, 0.717) is 24.3 Å². The number of carbonyl (C=O) groups is 3. The number of carbonyl (C=O) groups excluding carboxylic acids is 3. The van der Waals surface area contributed by atoms with Crippen LogP contribution in [-0.4, -0.2) is 65.8 Å². The molecule has 0 bridgehead atoms. The topological polar surface area (TPSA) is 169 Å². The predicted octanol–water partition coefficient (Wildman–Crippen LogP) is 0.849. The average Bonchev–Trinajstić information content (AvgIpc) is 3.40. The zero-order valence-corrected chi connectivity index (χ0v) is 22.5. The number of hydrogen-bond donors (Lipinski definition) is 4. The van der Waals surface area contributed by atoms with E-state index in [1.807, 2.05) is 0 Å². The molecule has 1 aromatic rings. The van der Waals surface area contributed by atoms with Crippen LogP contribution < -0.4 is 21.9 Å². The Balaban J connectivity index is 1.29. The van der Waals surface area contributed by atoms with Gasteiger partial charge in [-0.05, 0) is 37.5 Å². The standard InChI is InChI=1S/C28H36N4O8/c1-17(34)10-11-25(35)40-22-13-24(39-23(22)16-33)32-15-18(26(36)31-28(32)38)7-6-12-29-27(37)30-14-21-19-8-4-2-3-5-9-20(19)21/h6-7,15,19-24,33H,4-5,8-14,16H2,1H3,(H2,29,30,37)(H,31,36,38)/b7-6+/t19-,20+,21-,22?,23-,24-/m1/s1/i33D. The lowest BCUT2D eigenvalue weighted by atomic mass is 10.1. The first-order valence-electron chi connectivity index (χ1n) is 14.1. The number of aliphatic hydroxyl groups is 1. The van der Waals surface area contributed by atoms with Crippen LogP contribution in [0.5, 0.6) is 0 Å². The van der Waals surface area contributed by atoms with Gasteiger partial charge in [0.1, 0.15) is 24.2 Å². The summed E-state index contributed by atoms with van der Waals surface area (Å²) < 4.78 is 19.5. The monoisotopic (exact) mass is 557 g/mol. The predicted molar refractivity (Wildman–Crippen MR) is 144 cm³/mol. The SMILES string of the molecule is [2H]OC[C@H]1O[C@@H](n2cc(/C=C/CNC(=O)NC[C@@H]3[C@@H]4CCC#CCC[C@@H]43)c(=O)[nH]c2=O)CC1OC(=O)CCC(C)=O. The molecule has 2 amide bonds. The van der Waals surface area contributed by atoms with Crippen molar-refractivity contribution in [1.29, 1.82) is 1.43 Å². The quantitative estimate of drug-likeness (QED) is 0.217. The maximum atomic E-state index is 12.6. The van der Waals surface area contributed by atoms with E-state index in [2.05, 4.69) is 32.6 Å². The van der Waals surface area contributed by atoms with Crippen molar-refractivity contribution >= 4 is 23.9 Å². The number of rotatable bonds is 12. The molecule has 2 heterocycles. The molecule has 1 saturated carbocycles. The fraction of sp³-hybridized carbons (Fsp3) is 0.607. The molecule has 40 heavy (non-hydrogen) atoms. The van der Waals surface area contributed by atoms with Crippen molar-refractivity contribution in [2.45, 2.75) is 70.3 Å². The molecular formula is C28H36N4O8. The normalized spacial score (nSPS) is 27.4. The number of aromatic amines is 1. The number of nitrogens with zero attached hydrogens (tertiary/aromatic N) is 1. The Morgan fingerprint density at radius 2 is 1.98 bits per heavy atom. The highest BCUT2D eigenvalue weighted by molar-refractivity contribution is 5.81. The number of hydrogen-bond acceptors (Lipinski definition) is 8. The summed E-state index contributed by atoms with van der Waals surface area (Å²) in [5.74, 6) is 7.38. The van der Waals surface area contributed by atoms with Gasteiger partial charge in [0.25, 0.3) is 5.56 Å². The van der Waals surface area contributed by atoms with Crippen molar-refractivity contribution in [3.63, 3.8) is 0 Å². The third-order valence-electron chi connectivity index (χ3n) is 7.63. The molecule has 4 N–H and O–H groups in total. The van der Waals surface area contributed by atoms with E-state index in [1.165, 1.54) is 23.8 Å². The summed E-state index contributed by atoms with van der Waals surface area (Å²) in [4.78, 5) is 62.7. The fourth-order valence-corrected chi connectivity index (χ4v) is 5.43. The van der Waals surface area contributed by atoms with Crippen molar-refractivity contribution in [1.82, 2.24) is 20.2 Å². The largest absolute Gasteiger partial charge is 0.459 e. The van der Waals surface area contributed by atoms with Gasteiger partial charge in [0.05, 0.1) is 18.6 Å². The average molecular weight is 558 g/mol. The van der Waals surface area contributed by atoms with Crippen molar-refractivity contribution in [3.05, 3.63) is 38.7 Å². The molecule has 4 rings (SSSR count). The lowest BCUT2D eigenvalue weighted by Gasteiger charge is -2.16. The number of aromatic nitrogens is 2. The number of H-pyrrole nitrogens is 1. The smallest absolute Gasteiger partial charge is 0.330 e. The lowest BCUT2D eigenvalue weighted by molar-refractivity contribution is -0.153. The van der Waals surface area contributed by atoms with Crippen LogP contribution in [0, 0.1) is 29.6 Å². The summed E-state index contributed by atoms with van der Waals surface area (Å²) in [6, 6.07) is -0.296. The zero-order valence-electron chi connectivity index (χ0n) is 23.5. The van der Waals surface area contributed by atoms with Gasteiger partial charge in [0.15, 0.2) is 0 Å². The van der Waals surface area contributed by atoms with Crippen LogP contribution >= 0.6 is 0 Å². The molecule has 1 unspecified atom stereocenters. The first-order chi connectivity index (χ1) is 19.8. The maximum Gasteiger partial charge on any atom is 0.330 e. The van der Waals surface area contributed by atoms with Gasteiger partial charge in [0.2, 0.25) is 1.43 Å². The van der Waals surface area contributed by atoms with E-state index >= 15 is 0 Å². The van der Waals surface area contributed by atoms with Crippen LogP contribution in [0.1, 0.15) is 63.7 Å². The minimum Gasteiger partial charge on any atom is -0.459 e. The summed E-state index contributed by atoms with van der Waals surface area (Å²) in [7, 11) is 0. The fourth-order valence-electron chi connectivity index (χ4n) is 5.43. The molecule has 1 aromatic heterocycles. The van der Waals surface area contributed by atoms with Crippen LogP contribution in [0.2, 0.25) is 0 Å². The molecular weight excluding hydrogens is 520 g/mol. The number of amides is 2. The molecule has 1 aliphatic heterocycles. The van der Waals surface area contributed by atoms with Crippen molar-refractivity contribution < 1.29 is 29.0 Å². The van der Waals surface area contributed by atoms with Gasteiger partial charge >= 0.3 is 17.7 Å². The molecule has 2 fully saturated rings. The van der Waals surface area contributed by atoms with Gasteiger partial charge in [-0.15, -0.1) is 11.8 Å². The second kappa shape index (κ2) is 13.6. The maximum absolute atomic E-state index is 12.6. The Hall–Kier alpha value is -3.69.